The molecule has 0 aromatic heterocycles. The van der Waals surface area contributed by atoms with Gasteiger partial charge in [0.15, 0.2) is 0 Å². The fourth-order valence-electron chi connectivity index (χ4n) is 3.28. The Hall–Kier alpha value is -2.04. The Morgan fingerprint density at radius 1 is 1.08 bits per heavy atom. The molecule has 0 radical (unpaired) electrons. The molecule has 2 aromatic carbocycles. The SMILES string of the molecule is Cc1ccc(CN(C)CC(=O)N2CCN(c3cccc(Cl)c3)CC2)cc1. The minimum atomic E-state index is 0.199. The molecular weight excluding hydrogens is 346 g/mol. The van der Waals surface area contributed by atoms with E-state index >= 15 is 0 Å². The Kier molecular flexibility index (Phi) is 6.17. The van der Waals surface area contributed by atoms with E-state index < -0.39 is 0 Å². The zero-order valence-corrected chi connectivity index (χ0v) is 16.2. The normalized spacial score (nSPS) is 14.8. The molecule has 0 unspecified atom stereocenters. The number of aryl methyl sites for hydroxylation is 1. The van der Waals surface area contributed by atoms with E-state index in [1.807, 2.05) is 30.1 Å². The van der Waals surface area contributed by atoms with E-state index in [0.717, 1.165) is 43.4 Å². The summed E-state index contributed by atoms with van der Waals surface area (Å²) in [5, 5.41) is 0.749. The number of halogens is 1. The minimum absolute atomic E-state index is 0.199. The first-order chi connectivity index (χ1) is 12.5. The maximum Gasteiger partial charge on any atom is 0.236 e. The molecule has 0 saturated carbocycles. The molecule has 0 spiro atoms. The fraction of sp³-hybridized carbons (Fsp3) is 0.381. The van der Waals surface area contributed by atoms with Crippen molar-refractivity contribution < 1.29 is 4.79 Å². The molecule has 0 bridgehead atoms. The summed E-state index contributed by atoms with van der Waals surface area (Å²) in [6, 6.07) is 16.4. The molecule has 5 heteroatoms. The van der Waals surface area contributed by atoms with Gasteiger partial charge in [0.2, 0.25) is 5.91 Å². The van der Waals surface area contributed by atoms with Crippen molar-refractivity contribution in [2.45, 2.75) is 13.5 Å². The van der Waals surface area contributed by atoms with Crippen LogP contribution in [0.4, 0.5) is 5.69 Å². The Morgan fingerprint density at radius 3 is 2.42 bits per heavy atom. The summed E-state index contributed by atoms with van der Waals surface area (Å²) in [6.45, 7) is 6.51. The van der Waals surface area contributed by atoms with Gasteiger partial charge >= 0.3 is 0 Å². The first-order valence-electron chi connectivity index (χ1n) is 9.03. The highest BCUT2D eigenvalue weighted by atomic mass is 35.5. The van der Waals surface area contributed by atoms with Gasteiger partial charge in [0.25, 0.3) is 0 Å². The molecule has 1 saturated heterocycles. The van der Waals surface area contributed by atoms with Gasteiger partial charge in [0.1, 0.15) is 0 Å². The van der Waals surface area contributed by atoms with Gasteiger partial charge in [-0.2, -0.15) is 0 Å². The lowest BCUT2D eigenvalue weighted by Crippen LogP contribution is -2.51. The molecule has 4 nitrogen and oxygen atoms in total. The van der Waals surface area contributed by atoms with Crippen molar-refractivity contribution in [1.29, 1.82) is 0 Å². The molecular formula is C21H26ClN3O. The maximum absolute atomic E-state index is 12.6. The van der Waals surface area contributed by atoms with Crippen LogP contribution in [0.3, 0.4) is 0 Å². The van der Waals surface area contributed by atoms with Gasteiger partial charge in [-0.15, -0.1) is 0 Å². The molecule has 2 aromatic rings. The van der Waals surface area contributed by atoms with E-state index in [9.17, 15) is 4.79 Å². The number of carbonyl (C=O) groups excluding carboxylic acids is 1. The highest BCUT2D eigenvalue weighted by molar-refractivity contribution is 6.30. The number of carbonyl (C=O) groups is 1. The fourth-order valence-corrected chi connectivity index (χ4v) is 3.46. The Labute approximate surface area is 161 Å². The molecule has 26 heavy (non-hydrogen) atoms. The van der Waals surface area contributed by atoms with Crippen LogP contribution in [-0.2, 0) is 11.3 Å². The predicted molar refractivity (Wildman–Crippen MR) is 108 cm³/mol. The van der Waals surface area contributed by atoms with E-state index in [1.54, 1.807) is 0 Å². The Morgan fingerprint density at radius 2 is 1.77 bits per heavy atom. The topological polar surface area (TPSA) is 26.8 Å². The van der Waals surface area contributed by atoms with E-state index in [4.69, 9.17) is 11.6 Å². The van der Waals surface area contributed by atoms with Crippen molar-refractivity contribution >= 4 is 23.2 Å². The van der Waals surface area contributed by atoms with Gasteiger partial charge in [-0.3, -0.25) is 9.69 Å². The van der Waals surface area contributed by atoms with Crippen molar-refractivity contribution in [3.8, 4) is 0 Å². The van der Waals surface area contributed by atoms with Gasteiger partial charge in [-0.25, -0.2) is 0 Å². The third-order valence-corrected chi connectivity index (χ3v) is 5.02. The summed E-state index contributed by atoms with van der Waals surface area (Å²) in [4.78, 5) is 18.9. The molecule has 1 heterocycles. The second-order valence-electron chi connectivity index (χ2n) is 7.01. The molecule has 1 aliphatic heterocycles. The highest BCUT2D eigenvalue weighted by Gasteiger charge is 2.22. The van der Waals surface area contributed by atoms with Crippen LogP contribution >= 0.6 is 11.6 Å². The lowest BCUT2D eigenvalue weighted by Gasteiger charge is -2.36. The van der Waals surface area contributed by atoms with E-state index in [0.29, 0.717) is 6.54 Å². The molecule has 0 aliphatic carbocycles. The number of rotatable bonds is 5. The minimum Gasteiger partial charge on any atom is -0.368 e. The zero-order valence-electron chi connectivity index (χ0n) is 15.5. The number of hydrogen-bond donors (Lipinski definition) is 0. The van der Waals surface area contributed by atoms with Gasteiger partial charge in [0.05, 0.1) is 6.54 Å². The number of piperazine rings is 1. The van der Waals surface area contributed by atoms with Crippen LogP contribution in [0.2, 0.25) is 5.02 Å². The maximum atomic E-state index is 12.6. The van der Waals surface area contributed by atoms with E-state index in [1.165, 1.54) is 11.1 Å². The third-order valence-electron chi connectivity index (χ3n) is 4.78. The van der Waals surface area contributed by atoms with Crippen LogP contribution in [0.5, 0.6) is 0 Å². The van der Waals surface area contributed by atoms with Gasteiger partial charge in [-0.05, 0) is 37.7 Å². The van der Waals surface area contributed by atoms with E-state index in [-0.39, 0.29) is 5.91 Å². The lowest BCUT2D eigenvalue weighted by atomic mass is 10.1. The number of likely N-dealkylation sites (N-methyl/N-ethyl adjacent to an activating group) is 1. The summed E-state index contributed by atoms with van der Waals surface area (Å²) in [7, 11) is 2.00. The van der Waals surface area contributed by atoms with Crippen molar-refractivity contribution in [1.82, 2.24) is 9.80 Å². The van der Waals surface area contributed by atoms with Crippen molar-refractivity contribution in [2.75, 3.05) is 44.7 Å². The summed E-state index contributed by atoms with van der Waals surface area (Å²) in [5.41, 5.74) is 3.61. The quantitative estimate of drug-likeness (QED) is 0.805. The zero-order chi connectivity index (χ0) is 18.5. The Balaban J connectivity index is 1.48. The van der Waals surface area contributed by atoms with Gasteiger partial charge in [0, 0.05) is 43.4 Å². The second kappa shape index (κ2) is 8.56. The molecule has 0 N–H and O–H groups in total. The highest BCUT2D eigenvalue weighted by Crippen LogP contribution is 2.20. The molecule has 0 atom stereocenters. The number of hydrogen-bond acceptors (Lipinski definition) is 3. The van der Waals surface area contributed by atoms with Crippen LogP contribution in [-0.4, -0.2) is 55.5 Å². The number of amides is 1. The monoisotopic (exact) mass is 371 g/mol. The van der Waals surface area contributed by atoms with Crippen molar-refractivity contribution in [3.63, 3.8) is 0 Å². The van der Waals surface area contributed by atoms with Crippen LogP contribution < -0.4 is 4.90 Å². The van der Waals surface area contributed by atoms with Crippen molar-refractivity contribution in [2.24, 2.45) is 0 Å². The average molecular weight is 372 g/mol. The van der Waals surface area contributed by atoms with Crippen LogP contribution in [0.1, 0.15) is 11.1 Å². The smallest absolute Gasteiger partial charge is 0.236 e. The summed E-state index contributed by atoms with van der Waals surface area (Å²) < 4.78 is 0. The number of anilines is 1. The third kappa shape index (κ3) is 4.99. The Bertz CT molecular complexity index is 739. The van der Waals surface area contributed by atoms with Crippen LogP contribution in [0, 0.1) is 6.92 Å². The summed E-state index contributed by atoms with van der Waals surface area (Å²) in [6.07, 6.45) is 0. The molecule has 138 valence electrons. The average Bonchev–Trinajstić information content (AvgIpc) is 2.64. The predicted octanol–water partition coefficient (Wildman–Crippen LogP) is 3.43. The summed E-state index contributed by atoms with van der Waals surface area (Å²) >= 11 is 6.08. The number of nitrogens with zero attached hydrogens (tertiary/aromatic N) is 3. The summed E-state index contributed by atoms with van der Waals surface area (Å²) in [5.74, 6) is 0.199. The standard InChI is InChI=1S/C21H26ClN3O/c1-17-6-8-18(9-7-17)15-23(2)16-21(26)25-12-10-24(11-13-25)20-5-3-4-19(22)14-20/h3-9,14H,10-13,15-16H2,1-2H3. The first-order valence-corrected chi connectivity index (χ1v) is 9.41. The first kappa shape index (κ1) is 18.7. The lowest BCUT2D eigenvalue weighted by molar-refractivity contribution is -0.132. The van der Waals surface area contributed by atoms with Gasteiger partial charge < -0.3 is 9.80 Å². The van der Waals surface area contributed by atoms with Crippen LogP contribution in [0.15, 0.2) is 48.5 Å². The molecule has 1 fully saturated rings. The largest absolute Gasteiger partial charge is 0.368 e. The molecule has 1 amide bonds. The molecule has 3 rings (SSSR count). The van der Waals surface area contributed by atoms with E-state index in [2.05, 4.69) is 47.1 Å². The number of benzene rings is 2. The van der Waals surface area contributed by atoms with Crippen LogP contribution in [0.25, 0.3) is 0 Å². The molecule has 1 aliphatic rings. The van der Waals surface area contributed by atoms with Gasteiger partial charge in [-0.1, -0.05) is 47.5 Å². The van der Waals surface area contributed by atoms with Crippen molar-refractivity contribution in [3.05, 3.63) is 64.7 Å². The second-order valence-corrected chi connectivity index (χ2v) is 7.44.